The Morgan fingerprint density at radius 1 is 1.27 bits per heavy atom. The number of thiophene rings is 1. The third kappa shape index (κ3) is 2.95. The Labute approximate surface area is 141 Å². The number of nitrogens with zero attached hydrogens (tertiary/aromatic N) is 1. The summed E-state index contributed by atoms with van der Waals surface area (Å²) in [6, 6.07) is 10.6. The second kappa shape index (κ2) is 5.97. The maximum absolute atomic E-state index is 10.4. The number of halogens is 1. The van der Waals surface area contributed by atoms with E-state index in [4.69, 9.17) is 11.6 Å². The quantitative estimate of drug-likeness (QED) is 0.887. The molecule has 1 atom stereocenters. The van der Waals surface area contributed by atoms with Crippen LogP contribution in [0.25, 0.3) is 0 Å². The lowest BCUT2D eigenvalue weighted by atomic mass is 9.94. The molecule has 1 aliphatic rings. The first-order valence-corrected chi connectivity index (χ1v) is 8.84. The van der Waals surface area contributed by atoms with E-state index in [0.29, 0.717) is 5.92 Å². The number of fused-ring (bicyclic) bond motifs is 1. The molecule has 0 spiro atoms. The van der Waals surface area contributed by atoms with Crippen LogP contribution in [0.2, 0.25) is 5.02 Å². The topological polar surface area (TPSA) is 23.5 Å². The van der Waals surface area contributed by atoms with Gasteiger partial charge in [-0.15, -0.1) is 11.3 Å². The minimum absolute atomic E-state index is 0.322. The highest BCUT2D eigenvalue weighted by Crippen LogP contribution is 2.45. The summed E-state index contributed by atoms with van der Waals surface area (Å²) in [4.78, 5) is 4.58. The molecule has 2 aromatic rings. The summed E-state index contributed by atoms with van der Waals surface area (Å²) in [6.07, 6.45) is 0.945. The van der Waals surface area contributed by atoms with E-state index in [1.54, 1.807) is 11.3 Å². The molecule has 1 aromatic heterocycles. The van der Waals surface area contributed by atoms with Gasteiger partial charge in [-0.25, -0.2) is 0 Å². The average molecular weight is 336 g/mol. The van der Waals surface area contributed by atoms with E-state index in [1.165, 1.54) is 16.0 Å². The Balaban J connectivity index is 2.13. The summed E-state index contributed by atoms with van der Waals surface area (Å²) in [5, 5.41) is 11.2. The van der Waals surface area contributed by atoms with Crippen molar-refractivity contribution >= 4 is 22.9 Å². The fraction of sp³-hybridized carbons (Fsp3) is 0.444. The van der Waals surface area contributed by atoms with E-state index in [0.717, 1.165) is 29.4 Å². The molecule has 0 bridgehead atoms. The van der Waals surface area contributed by atoms with Crippen LogP contribution in [0.1, 0.15) is 40.6 Å². The molecule has 1 unspecified atom stereocenters. The summed E-state index contributed by atoms with van der Waals surface area (Å²) in [5.74, 6) is 0.322. The van der Waals surface area contributed by atoms with Crippen molar-refractivity contribution in [2.45, 2.75) is 31.8 Å². The largest absolute Gasteiger partial charge is 0.385 e. The zero-order valence-electron chi connectivity index (χ0n) is 13.3. The molecule has 1 N–H and O–H groups in total. The number of benzene rings is 1. The first-order chi connectivity index (χ1) is 10.4. The van der Waals surface area contributed by atoms with Crippen molar-refractivity contribution in [2.24, 2.45) is 0 Å². The third-order valence-electron chi connectivity index (χ3n) is 4.29. The van der Waals surface area contributed by atoms with Gasteiger partial charge in [0.15, 0.2) is 0 Å². The average Bonchev–Trinajstić information content (AvgIpc) is 2.70. The SMILES string of the molecule is CN1CCc2c(sc(C(C)(C)O)c2Cl)C(c2ccccc2)C1. The minimum Gasteiger partial charge on any atom is -0.385 e. The first kappa shape index (κ1) is 16.0. The van der Waals surface area contributed by atoms with Crippen molar-refractivity contribution in [3.63, 3.8) is 0 Å². The summed E-state index contributed by atoms with van der Waals surface area (Å²) < 4.78 is 0. The molecule has 0 amide bonds. The molecule has 0 fully saturated rings. The van der Waals surface area contributed by atoms with Gasteiger partial charge < -0.3 is 10.0 Å². The Bertz CT molecular complexity index is 660. The minimum atomic E-state index is -0.888. The highest BCUT2D eigenvalue weighted by Gasteiger charge is 2.32. The monoisotopic (exact) mass is 335 g/mol. The molecular weight excluding hydrogens is 314 g/mol. The molecule has 0 radical (unpaired) electrons. The van der Waals surface area contributed by atoms with Gasteiger partial charge >= 0.3 is 0 Å². The lowest BCUT2D eigenvalue weighted by molar-refractivity contribution is 0.0826. The van der Waals surface area contributed by atoms with Gasteiger partial charge in [-0.2, -0.15) is 0 Å². The fourth-order valence-electron chi connectivity index (χ4n) is 3.10. The molecule has 0 aliphatic carbocycles. The Morgan fingerprint density at radius 3 is 2.59 bits per heavy atom. The van der Waals surface area contributed by atoms with Crippen LogP contribution in [0.5, 0.6) is 0 Å². The van der Waals surface area contributed by atoms with E-state index < -0.39 is 5.60 Å². The van der Waals surface area contributed by atoms with Crippen LogP contribution in [0.3, 0.4) is 0 Å². The molecule has 1 aliphatic heterocycles. The normalized spacial score (nSPS) is 19.8. The zero-order valence-corrected chi connectivity index (χ0v) is 14.8. The lowest BCUT2D eigenvalue weighted by Gasteiger charge is -2.21. The predicted octanol–water partition coefficient (Wildman–Crippen LogP) is 4.25. The molecule has 118 valence electrons. The maximum atomic E-state index is 10.4. The Morgan fingerprint density at radius 2 is 1.95 bits per heavy atom. The van der Waals surface area contributed by atoms with E-state index >= 15 is 0 Å². The lowest BCUT2D eigenvalue weighted by Crippen LogP contribution is -2.24. The Hall–Kier alpha value is -0.870. The fourth-order valence-corrected chi connectivity index (χ4v) is 5.06. The summed E-state index contributed by atoms with van der Waals surface area (Å²) in [6.45, 7) is 5.61. The molecule has 3 rings (SSSR count). The van der Waals surface area contributed by atoms with Gasteiger partial charge in [0.1, 0.15) is 0 Å². The predicted molar refractivity (Wildman–Crippen MR) is 94.1 cm³/mol. The van der Waals surface area contributed by atoms with Crippen molar-refractivity contribution in [1.29, 1.82) is 0 Å². The third-order valence-corrected chi connectivity index (χ3v) is 6.47. The van der Waals surface area contributed by atoms with Crippen LogP contribution >= 0.6 is 22.9 Å². The molecule has 4 heteroatoms. The van der Waals surface area contributed by atoms with Gasteiger partial charge in [0.05, 0.1) is 15.5 Å². The van der Waals surface area contributed by atoms with Crippen LogP contribution in [-0.2, 0) is 12.0 Å². The first-order valence-electron chi connectivity index (χ1n) is 7.65. The summed E-state index contributed by atoms with van der Waals surface area (Å²) in [7, 11) is 2.16. The van der Waals surface area contributed by atoms with Gasteiger partial charge in [0.25, 0.3) is 0 Å². The second-order valence-electron chi connectivity index (χ2n) is 6.62. The van der Waals surface area contributed by atoms with E-state index in [2.05, 4.69) is 42.3 Å². The summed E-state index contributed by atoms with van der Waals surface area (Å²) >= 11 is 8.31. The van der Waals surface area contributed by atoms with Crippen LogP contribution in [0, 0.1) is 0 Å². The van der Waals surface area contributed by atoms with Gasteiger partial charge in [0.2, 0.25) is 0 Å². The van der Waals surface area contributed by atoms with Crippen molar-refractivity contribution < 1.29 is 5.11 Å². The number of hydrogen-bond acceptors (Lipinski definition) is 3. The zero-order chi connectivity index (χ0) is 15.9. The van der Waals surface area contributed by atoms with Crippen LogP contribution in [0.4, 0.5) is 0 Å². The van der Waals surface area contributed by atoms with Crippen molar-refractivity contribution in [3.05, 3.63) is 56.2 Å². The highest BCUT2D eigenvalue weighted by molar-refractivity contribution is 7.13. The molecule has 1 aromatic carbocycles. The summed E-state index contributed by atoms with van der Waals surface area (Å²) in [5.41, 5.74) is 1.65. The second-order valence-corrected chi connectivity index (χ2v) is 8.05. The molecular formula is C18H22ClNOS. The molecule has 0 saturated carbocycles. The van der Waals surface area contributed by atoms with Gasteiger partial charge in [-0.05, 0) is 38.4 Å². The molecule has 2 heterocycles. The van der Waals surface area contributed by atoms with E-state index in [9.17, 15) is 5.11 Å². The Kier molecular flexibility index (Phi) is 4.34. The van der Waals surface area contributed by atoms with Crippen molar-refractivity contribution in [1.82, 2.24) is 4.90 Å². The van der Waals surface area contributed by atoms with Gasteiger partial charge in [0, 0.05) is 23.9 Å². The van der Waals surface area contributed by atoms with Crippen LogP contribution < -0.4 is 0 Å². The molecule has 2 nitrogen and oxygen atoms in total. The number of aliphatic hydroxyl groups is 1. The standard InChI is InChI=1S/C18H22ClNOS/c1-18(2,21)17-15(19)13-9-10-20(3)11-14(16(13)22-17)12-7-5-4-6-8-12/h4-8,14,21H,9-11H2,1-3H3. The van der Waals surface area contributed by atoms with Crippen LogP contribution in [0.15, 0.2) is 30.3 Å². The van der Waals surface area contributed by atoms with Gasteiger partial charge in [-0.1, -0.05) is 41.9 Å². The van der Waals surface area contributed by atoms with Crippen molar-refractivity contribution in [2.75, 3.05) is 20.1 Å². The number of hydrogen-bond donors (Lipinski definition) is 1. The maximum Gasteiger partial charge on any atom is 0.0947 e. The van der Waals surface area contributed by atoms with E-state index in [1.807, 2.05) is 13.8 Å². The number of rotatable bonds is 2. The van der Waals surface area contributed by atoms with Crippen molar-refractivity contribution in [3.8, 4) is 0 Å². The highest BCUT2D eigenvalue weighted by atomic mass is 35.5. The van der Waals surface area contributed by atoms with Gasteiger partial charge in [-0.3, -0.25) is 0 Å². The smallest absolute Gasteiger partial charge is 0.0947 e. The van der Waals surface area contributed by atoms with E-state index in [-0.39, 0.29) is 0 Å². The molecule has 22 heavy (non-hydrogen) atoms. The molecule has 0 saturated heterocycles. The van der Waals surface area contributed by atoms with Crippen LogP contribution in [-0.4, -0.2) is 30.1 Å². The number of likely N-dealkylation sites (N-methyl/N-ethyl adjacent to an activating group) is 1.